The number of benzene rings is 2. The third-order valence-electron chi connectivity index (χ3n) is 3.25. The molecular weight excluding hydrogens is 275 g/mol. The topological polar surface area (TPSA) is 38.0 Å². The minimum Gasteiger partial charge on any atom is -0.377 e. The first kappa shape index (κ1) is 14.8. The Bertz CT molecular complexity index is 593. The Morgan fingerprint density at radius 2 is 1.95 bits per heavy atom. The highest BCUT2D eigenvalue weighted by atomic mass is 35.5. The SMILES string of the molecule is Cc1ccc(C)c(C(CN)Nc2cc(F)cc(Cl)c2)c1. The van der Waals surface area contributed by atoms with Crippen LogP contribution in [0.4, 0.5) is 10.1 Å². The lowest BCUT2D eigenvalue weighted by molar-refractivity contribution is 0.627. The van der Waals surface area contributed by atoms with Gasteiger partial charge in [0, 0.05) is 17.3 Å². The van der Waals surface area contributed by atoms with E-state index in [0.717, 1.165) is 11.1 Å². The minimum absolute atomic E-state index is 0.0761. The van der Waals surface area contributed by atoms with Crippen LogP contribution in [0.25, 0.3) is 0 Å². The van der Waals surface area contributed by atoms with Crippen molar-refractivity contribution in [1.82, 2.24) is 0 Å². The number of nitrogens with two attached hydrogens (primary N) is 1. The van der Waals surface area contributed by atoms with Crippen LogP contribution in [-0.4, -0.2) is 6.54 Å². The van der Waals surface area contributed by atoms with Crippen molar-refractivity contribution in [2.45, 2.75) is 19.9 Å². The molecule has 3 N–H and O–H groups in total. The summed E-state index contributed by atoms with van der Waals surface area (Å²) in [4.78, 5) is 0. The molecule has 0 aliphatic heterocycles. The fraction of sp³-hybridized carbons (Fsp3) is 0.250. The second-order valence-electron chi connectivity index (χ2n) is 4.95. The minimum atomic E-state index is -0.364. The van der Waals surface area contributed by atoms with Crippen LogP contribution in [0.3, 0.4) is 0 Å². The van der Waals surface area contributed by atoms with E-state index in [2.05, 4.69) is 23.5 Å². The van der Waals surface area contributed by atoms with E-state index in [1.54, 1.807) is 6.07 Å². The van der Waals surface area contributed by atoms with Gasteiger partial charge in [-0.2, -0.15) is 0 Å². The van der Waals surface area contributed by atoms with Gasteiger partial charge in [0.1, 0.15) is 5.82 Å². The third kappa shape index (κ3) is 3.50. The van der Waals surface area contributed by atoms with Crippen LogP contribution >= 0.6 is 11.6 Å². The highest BCUT2D eigenvalue weighted by molar-refractivity contribution is 6.30. The average molecular weight is 293 g/mol. The molecule has 0 amide bonds. The number of hydrogen-bond acceptors (Lipinski definition) is 2. The molecule has 1 unspecified atom stereocenters. The number of aryl methyl sites for hydroxylation is 2. The van der Waals surface area contributed by atoms with Crippen molar-refractivity contribution in [2.75, 3.05) is 11.9 Å². The molecule has 0 saturated carbocycles. The maximum Gasteiger partial charge on any atom is 0.126 e. The van der Waals surface area contributed by atoms with E-state index in [1.807, 2.05) is 13.8 Å². The highest BCUT2D eigenvalue weighted by Gasteiger charge is 2.13. The normalized spacial score (nSPS) is 12.2. The first-order valence-electron chi connectivity index (χ1n) is 6.49. The maximum atomic E-state index is 13.4. The summed E-state index contributed by atoms with van der Waals surface area (Å²) in [6.45, 7) is 4.49. The largest absolute Gasteiger partial charge is 0.377 e. The predicted molar refractivity (Wildman–Crippen MR) is 82.7 cm³/mol. The van der Waals surface area contributed by atoms with Gasteiger partial charge in [0.2, 0.25) is 0 Å². The summed E-state index contributed by atoms with van der Waals surface area (Å²) in [5.41, 5.74) is 9.93. The van der Waals surface area contributed by atoms with Gasteiger partial charge in [-0.3, -0.25) is 0 Å². The van der Waals surface area contributed by atoms with E-state index < -0.39 is 0 Å². The second kappa shape index (κ2) is 6.25. The van der Waals surface area contributed by atoms with Gasteiger partial charge in [0.25, 0.3) is 0 Å². The summed E-state index contributed by atoms with van der Waals surface area (Å²) in [7, 11) is 0. The zero-order valence-corrected chi connectivity index (χ0v) is 12.3. The van der Waals surface area contributed by atoms with E-state index in [1.165, 1.54) is 17.7 Å². The van der Waals surface area contributed by atoms with Crippen molar-refractivity contribution in [1.29, 1.82) is 0 Å². The molecule has 0 aliphatic carbocycles. The van der Waals surface area contributed by atoms with Crippen molar-refractivity contribution >= 4 is 17.3 Å². The summed E-state index contributed by atoms with van der Waals surface area (Å²) in [5, 5.41) is 3.61. The van der Waals surface area contributed by atoms with Crippen LogP contribution < -0.4 is 11.1 Å². The molecule has 2 aromatic carbocycles. The smallest absolute Gasteiger partial charge is 0.126 e. The van der Waals surface area contributed by atoms with Crippen LogP contribution in [0.15, 0.2) is 36.4 Å². The van der Waals surface area contributed by atoms with E-state index in [-0.39, 0.29) is 11.9 Å². The Kier molecular flexibility index (Phi) is 4.63. The lowest BCUT2D eigenvalue weighted by Gasteiger charge is -2.21. The molecule has 0 aromatic heterocycles. The Labute approximate surface area is 123 Å². The van der Waals surface area contributed by atoms with Crippen LogP contribution in [0.5, 0.6) is 0 Å². The van der Waals surface area contributed by atoms with Gasteiger partial charge in [0.15, 0.2) is 0 Å². The maximum absolute atomic E-state index is 13.4. The zero-order valence-electron chi connectivity index (χ0n) is 11.6. The van der Waals surface area contributed by atoms with Gasteiger partial charge in [-0.1, -0.05) is 35.4 Å². The average Bonchev–Trinajstić information content (AvgIpc) is 2.38. The van der Waals surface area contributed by atoms with Crippen LogP contribution in [0, 0.1) is 19.7 Å². The molecule has 2 rings (SSSR count). The Morgan fingerprint density at radius 3 is 2.60 bits per heavy atom. The Hall–Kier alpha value is -1.58. The molecule has 2 nitrogen and oxygen atoms in total. The molecule has 0 fully saturated rings. The molecule has 0 bridgehead atoms. The third-order valence-corrected chi connectivity index (χ3v) is 3.47. The van der Waals surface area contributed by atoms with Crippen molar-refractivity contribution in [3.05, 3.63) is 63.9 Å². The van der Waals surface area contributed by atoms with Crippen molar-refractivity contribution in [2.24, 2.45) is 5.73 Å². The molecular formula is C16H18ClFN2. The fourth-order valence-electron chi connectivity index (χ4n) is 2.24. The number of hydrogen-bond donors (Lipinski definition) is 2. The van der Waals surface area contributed by atoms with Crippen LogP contribution in [0.2, 0.25) is 5.02 Å². The number of rotatable bonds is 4. The van der Waals surface area contributed by atoms with Crippen molar-refractivity contribution in [3.63, 3.8) is 0 Å². The van der Waals surface area contributed by atoms with Gasteiger partial charge < -0.3 is 11.1 Å². The van der Waals surface area contributed by atoms with Crippen molar-refractivity contribution < 1.29 is 4.39 Å². The molecule has 0 saturated heterocycles. The number of nitrogens with one attached hydrogen (secondary N) is 1. The van der Waals surface area contributed by atoms with Crippen LogP contribution in [-0.2, 0) is 0 Å². The Morgan fingerprint density at radius 1 is 1.20 bits per heavy atom. The molecule has 0 radical (unpaired) electrons. The first-order chi connectivity index (χ1) is 9.49. The summed E-state index contributed by atoms with van der Waals surface area (Å²) < 4.78 is 13.4. The summed E-state index contributed by atoms with van der Waals surface area (Å²) >= 11 is 5.87. The zero-order chi connectivity index (χ0) is 14.7. The molecule has 0 heterocycles. The first-order valence-corrected chi connectivity index (χ1v) is 6.87. The molecule has 2 aromatic rings. The predicted octanol–water partition coefficient (Wildman–Crippen LogP) is 4.21. The highest BCUT2D eigenvalue weighted by Crippen LogP contribution is 2.25. The molecule has 20 heavy (non-hydrogen) atoms. The van der Waals surface area contributed by atoms with Gasteiger partial charge in [-0.25, -0.2) is 4.39 Å². The summed E-state index contributed by atoms with van der Waals surface area (Å²) in [6, 6.07) is 10.5. The molecule has 106 valence electrons. The van der Waals surface area contributed by atoms with E-state index in [0.29, 0.717) is 17.3 Å². The second-order valence-corrected chi connectivity index (χ2v) is 5.39. The van der Waals surface area contributed by atoms with E-state index in [4.69, 9.17) is 17.3 Å². The Balaban J connectivity index is 2.31. The van der Waals surface area contributed by atoms with Crippen LogP contribution in [0.1, 0.15) is 22.7 Å². The standard InChI is InChI=1S/C16H18ClFN2/c1-10-3-4-11(2)15(5-10)16(9-19)20-14-7-12(17)6-13(18)8-14/h3-8,16,20H,9,19H2,1-2H3. The molecule has 0 aliphatic rings. The van der Waals surface area contributed by atoms with Crippen molar-refractivity contribution in [3.8, 4) is 0 Å². The van der Waals surface area contributed by atoms with Gasteiger partial charge >= 0.3 is 0 Å². The summed E-state index contributed by atoms with van der Waals surface area (Å²) in [6.07, 6.45) is 0. The fourth-order valence-corrected chi connectivity index (χ4v) is 2.46. The van der Waals surface area contributed by atoms with E-state index in [9.17, 15) is 4.39 Å². The molecule has 0 spiro atoms. The summed E-state index contributed by atoms with van der Waals surface area (Å²) in [5.74, 6) is -0.364. The van der Waals surface area contributed by atoms with Gasteiger partial charge in [-0.05, 0) is 43.2 Å². The lowest BCUT2D eigenvalue weighted by Crippen LogP contribution is -2.21. The monoisotopic (exact) mass is 292 g/mol. The quantitative estimate of drug-likeness (QED) is 0.886. The molecule has 1 atom stereocenters. The van der Waals surface area contributed by atoms with Gasteiger partial charge in [-0.15, -0.1) is 0 Å². The number of halogens is 2. The van der Waals surface area contributed by atoms with Gasteiger partial charge in [0.05, 0.1) is 6.04 Å². The van der Waals surface area contributed by atoms with E-state index >= 15 is 0 Å². The lowest BCUT2D eigenvalue weighted by atomic mass is 9.98. The number of anilines is 1. The molecule has 4 heteroatoms.